The van der Waals surface area contributed by atoms with E-state index >= 15 is 0 Å². The van der Waals surface area contributed by atoms with Crippen LogP contribution in [-0.2, 0) is 9.53 Å². The van der Waals surface area contributed by atoms with E-state index in [4.69, 9.17) is 4.74 Å². The van der Waals surface area contributed by atoms with Gasteiger partial charge in [0.1, 0.15) is 0 Å². The zero-order valence-electron chi connectivity index (χ0n) is 12.6. The fourth-order valence-electron chi connectivity index (χ4n) is 2.70. The SMILES string of the molecule is COCC1(C(=O)Nc2cccc(C(C)=O)c2)CCNCC1. The number of Topliss-reactive ketones (excluding diaryl/α,β-unsaturated/α-hetero) is 1. The standard InChI is InChI=1S/C16H22N2O3/c1-12(19)13-4-3-5-14(10-13)18-15(20)16(11-21-2)6-8-17-9-7-16/h3-5,10,17H,6-9,11H2,1-2H3,(H,18,20). The van der Waals surface area contributed by atoms with E-state index in [0.29, 0.717) is 17.9 Å². The lowest BCUT2D eigenvalue weighted by molar-refractivity contribution is -0.130. The van der Waals surface area contributed by atoms with Crippen LogP contribution >= 0.6 is 0 Å². The Bertz CT molecular complexity index is 516. The summed E-state index contributed by atoms with van der Waals surface area (Å²) in [6.45, 7) is 3.54. The van der Waals surface area contributed by atoms with Crippen LogP contribution in [-0.4, -0.2) is 38.5 Å². The fourth-order valence-corrected chi connectivity index (χ4v) is 2.70. The van der Waals surface area contributed by atoms with Crippen molar-refractivity contribution in [1.82, 2.24) is 5.32 Å². The van der Waals surface area contributed by atoms with Gasteiger partial charge in [-0.2, -0.15) is 0 Å². The van der Waals surface area contributed by atoms with E-state index in [1.807, 2.05) is 0 Å². The summed E-state index contributed by atoms with van der Waals surface area (Å²) < 4.78 is 5.26. The highest BCUT2D eigenvalue weighted by atomic mass is 16.5. The Hall–Kier alpha value is -1.72. The number of methoxy groups -OCH3 is 1. The number of rotatable bonds is 5. The molecule has 114 valence electrons. The summed E-state index contributed by atoms with van der Waals surface area (Å²) >= 11 is 0. The quantitative estimate of drug-likeness (QED) is 0.812. The highest BCUT2D eigenvalue weighted by Crippen LogP contribution is 2.31. The number of hydrogen-bond acceptors (Lipinski definition) is 4. The molecule has 1 fully saturated rings. The zero-order chi connectivity index (χ0) is 15.3. The van der Waals surface area contributed by atoms with Crippen molar-refractivity contribution in [3.05, 3.63) is 29.8 Å². The maximum atomic E-state index is 12.7. The van der Waals surface area contributed by atoms with Crippen molar-refractivity contribution in [2.75, 3.05) is 32.1 Å². The third kappa shape index (κ3) is 3.68. The number of ketones is 1. The molecule has 0 unspecified atom stereocenters. The summed E-state index contributed by atoms with van der Waals surface area (Å²) in [7, 11) is 1.62. The molecule has 21 heavy (non-hydrogen) atoms. The van der Waals surface area contributed by atoms with Gasteiger partial charge in [-0.05, 0) is 45.0 Å². The van der Waals surface area contributed by atoms with Crippen molar-refractivity contribution >= 4 is 17.4 Å². The van der Waals surface area contributed by atoms with Crippen LogP contribution in [0, 0.1) is 5.41 Å². The molecule has 0 saturated carbocycles. The van der Waals surface area contributed by atoms with Gasteiger partial charge in [0.25, 0.3) is 0 Å². The lowest BCUT2D eigenvalue weighted by atomic mass is 9.78. The number of carbonyl (C=O) groups excluding carboxylic acids is 2. The average Bonchev–Trinajstić information content (AvgIpc) is 2.48. The molecule has 1 aromatic rings. The molecule has 0 atom stereocenters. The van der Waals surface area contributed by atoms with Crippen molar-refractivity contribution in [2.45, 2.75) is 19.8 Å². The third-order valence-electron chi connectivity index (χ3n) is 3.99. The number of piperidine rings is 1. The summed E-state index contributed by atoms with van der Waals surface area (Å²) in [5.41, 5.74) is 0.757. The van der Waals surface area contributed by atoms with Crippen molar-refractivity contribution in [1.29, 1.82) is 0 Å². The molecule has 2 rings (SSSR count). The van der Waals surface area contributed by atoms with Crippen LogP contribution in [0.15, 0.2) is 24.3 Å². The smallest absolute Gasteiger partial charge is 0.233 e. The Morgan fingerprint density at radius 2 is 2.05 bits per heavy atom. The van der Waals surface area contributed by atoms with Crippen molar-refractivity contribution in [2.24, 2.45) is 5.41 Å². The minimum Gasteiger partial charge on any atom is -0.384 e. The highest BCUT2D eigenvalue weighted by molar-refractivity contribution is 5.98. The average molecular weight is 290 g/mol. The molecule has 0 spiro atoms. The number of hydrogen-bond donors (Lipinski definition) is 2. The molecule has 0 bridgehead atoms. The van der Waals surface area contributed by atoms with Gasteiger partial charge < -0.3 is 15.4 Å². The van der Waals surface area contributed by atoms with Gasteiger partial charge in [0.05, 0.1) is 12.0 Å². The molecule has 1 aromatic carbocycles. The highest BCUT2D eigenvalue weighted by Gasteiger charge is 2.39. The molecule has 5 heteroatoms. The molecular weight excluding hydrogens is 268 g/mol. The lowest BCUT2D eigenvalue weighted by Gasteiger charge is -2.35. The Kier molecular flexibility index (Phi) is 5.09. The monoisotopic (exact) mass is 290 g/mol. The largest absolute Gasteiger partial charge is 0.384 e. The van der Waals surface area contributed by atoms with Gasteiger partial charge in [-0.25, -0.2) is 0 Å². The summed E-state index contributed by atoms with van der Waals surface area (Å²) in [5.74, 6) is -0.0499. The second-order valence-electron chi connectivity index (χ2n) is 5.55. The van der Waals surface area contributed by atoms with Gasteiger partial charge in [-0.15, -0.1) is 0 Å². The molecule has 1 amide bonds. The first kappa shape index (κ1) is 15.7. The first-order chi connectivity index (χ1) is 10.1. The number of ether oxygens (including phenoxy) is 1. The number of benzene rings is 1. The van der Waals surface area contributed by atoms with Crippen LogP contribution < -0.4 is 10.6 Å². The second kappa shape index (κ2) is 6.83. The molecule has 5 nitrogen and oxygen atoms in total. The molecule has 1 saturated heterocycles. The second-order valence-corrected chi connectivity index (χ2v) is 5.55. The number of anilines is 1. The predicted octanol–water partition coefficient (Wildman–Crippen LogP) is 1.84. The van der Waals surface area contributed by atoms with Crippen molar-refractivity contribution in [3.8, 4) is 0 Å². The van der Waals surface area contributed by atoms with E-state index in [-0.39, 0.29) is 11.7 Å². The molecule has 1 aliphatic rings. The summed E-state index contributed by atoms with van der Waals surface area (Å²) in [6, 6.07) is 7.03. The van der Waals surface area contributed by atoms with Crippen LogP contribution in [0.5, 0.6) is 0 Å². The van der Waals surface area contributed by atoms with Crippen molar-refractivity contribution in [3.63, 3.8) is 0 Å². The number of carbonyl (C=O) groups is 2. The molecule has 1 heterocycles. The minimum absolute atomic E-state index is 0.0143. The van der Waals surface area contributed by atoms with E-state index < -0.39 is 5.41 Å². The van der Waals surface area contributed by atoms with E-state index in [2.05, 4.69) is 10.6 Å². The molecule has 1 aliphatic heterocycles. The van der Waals surface area contributed by atoms with Crippen LogP contribution in [0.4, 0.5) is 5.69 Å². The molecule has 0 aliphatic carbocycles. The molecular formula is C16H22N2O3. The molecule has 0 aromatic heterocycles. The summed E-state index contributed by atoms with van der Waals surface area (Å²) in [5, 5.41) is 6.19. The first-order valence-corrected chi connectivity index (χ1v) is 7.19. The van der Waals surface area contributed by atoms with Crippen LogP contribution in [0.2, 0.25) is 0 Å². The fraction of sp³-hybridized carbons (Fsp3) is 0.500. The maximum Gasteiger partial charge on any atom is 0.233 e. The van der Waals surface area contributed by atoms with Crippen LogP contribution in [0.1, 0.15) is 30.1 Å². The maximum absolute atomic E-state index is 12.7. The third-order valence-corrected chi connectivity index (χ3v) is 3.99. The Morgan fingerprint density at radius 1 is 1.33 bits per heavy atom. The van der Waals surface area contributed by atoms with E-state index in [1.165, 1.54) is 6.92 Å². The van der Waals surface area contributed by atoms with E-state index in [9.17, 15) is 9.59 Å². The summed E-state index contributed by atoms with van der Waals surface area (Å²) in [6.07, 6.45) is 1.50. The van der Waals surface area contributed by atoms with Gasteiger partial charge in [-0.3, -0.25) is 9.59 Å². The Labute approximate surface area is 125 Å². The van der Waals surface area contributed by atoms with E-state index in [0.717, 1.165) is 25.9 Å². The topological polar surface area (TPSA) is 67.4 Å². The number of amides is 1. The molecule has 2 N–H and O–H groups in total. The van der Waals surface area contributed by atoms with E-state index in [1.54, 1.807) is 31.4 Å². The minimum atomic E-state index is -0.494. The Morgan fingerprint density at radius 3 is 2.67 bits per heavy atom. The normalized spacial score (nSPS) is 17.2. The molecule has 0 radical (unpaired) electrons. The van der Waals surface area contributed by atoms with Gasteiger partial charge in [0.2, 0.25) is 5.91 Å². The van der Waals surface area contributed by atoms with Gasteiger partial charge in [-0.1, -0.05) is 12.1 Å². The summed E-state index contributed by atoms with van der Waals surface area (Å²) in [4.78, 5) is 24.1. The van der Waals surface area contributed by atoms with Crippen LogP contribution in [0.3, 0.4) is 0 Å². The first-order valence-electron chi connectivity index (χ1n) is 7.19. The van der Waals surface area contributed by atoms with Gasteiger partial charge >= 0.3 is 0 Å². The van der Waals surface area contributed by atoms with Crippen molar-refractivity contribution < 1.29 is 14.3 Å². The van der Waals surface area contributed by atoms with Gasteiger partial charge in [0, 0.05) is 18.4 Å². The lowest BCUT2D eigenvalue weighted by Crippen LogP contribution is -2.47. The predicted molar refractivity (Wildman–Crippen MR) is 81.5 cm³/mol. The van der Waals surface area contributed by atoms with Crippen LogP contribution in [0.25, 0.3) is 0 Å². The zero-order valence-corrected chi connectivity index (χ0v) is 12.6. The Balaban J connectivity index is 2.15. The number of nitrogens with one attached hydrogen (secondary N) is 2. The van der Waals surface area contributed by atoms with Gasteiger partial charge in [0.15, 0.2) is 5.78 Å².